The summed E-state index contributed by atoms with van der Waals surface area (Å²) in [6, 6.07) is 7.48. The molecule has 0 saturated heterocycles. The van der Waals surface area contributed by atoms with Crippen LogP contribution >= 0.6 is 0 Å². The lowest BCUT2D eigenvalue weighted by atomic mass is 10.1. The third kappa shape index (κ3) is 7.24. The predicted octanol–water partition coefficient (Wildman–Crippen LogP) is 0.670. The van der Waals surface area contributed by atoms with Crippen LogP contribution in [0.25, 0.3) is 0 Å². The molecule has 0 aliphatic carbocycles. The normalized spacial score (nSPS) is 12.9. The zero-order valence-corrected chi connectivity index (χ0v) is 13.4. The van der Waals surface area contributed by atoms with Crippen molar-refractivity contribution < 1.29 is 13.2 Å². The Hall–Kier alpha value is -1.40. The standard InChI is InChI=1S/C15H24N2O3S/c1-3-12-4-6-13(7-5-12)8-10-17-15(18)14(16)9-11-21(2,19)20/h4-7,14H,3,8-11,16H2,1-2H3,(H,17,18). The molecule has 1 unspecified atom stereocenters. The van der Waals surface area contributed by atoms with Crippen molar-refractivity contribution in [1.29, 1.82) is 0 Å². The molecule has 0 bridgehead atoms. The first-order valence-electron chi connectivity index (χ1n) is 7.10. The molecule has 6 heteroatoms. The number of rotatable bonds is 8. The van der Waals surface area contributed by atoms with Gasteiger partial charge in [0.25, 0.3) is 0 Å². The topological polar surface area (TPSA) is 89.3 Å². The maximum Gasteiger partial charge on any atom is 0.236 e. The van der Waals surface area contributed by atoms with Crippen molar-refractivity contribution in [2.75, 3.05) is 18.6 Å². The van der Waals surface area contributed by atoms with Gasteiger partial charge in [0, 0.05) is 12.8 Å². The molecule has 1 aromatic carbocycles. The average Bonchev–Trinajstić information content (AvgIpc) is 2.44. The Balaban J connectivity index is 2.32. The maximum absolute atomic E-state index is 11.7. The summed E-state index contributed by atoms with van der Waals surface area (Å²) in [5.74, 6) is -0.371. The summed E-state index contributed by atoms with van der Waals surface area (Å²) < 4.78 is 22.0. The number of carbonyl (C=O) groups excluding carboxylic acids is 1. The fourth-order valence-electron chi connectivity index (χ4n) is 1.87. The molecular formula is C15H24N2O3S. The van der Waals surface area contributed by atoms with E-state index in [-0.39, 0.29) is 18.1 Å². The predicted molar refractivity (Wildman–Crippen MR) is 84.8 cm³/mol. The number of benzene rings is 1. The monoisotopic (exact) mass is 312 g/mol. The summed E-state index contributed by atoms with van der Waals surface area (Å²) in [6.07, 6.45) is 3.02. The highest BCUT2D eigenvalue weighted by atomic mass is 32.2. The van der Waals surface area contributed by atoms with E-state index in [4.69, 9.17) is 5.73 Å². The average molecular weight is 312 g/mol. The Bertz CT molecular complexity index is 553. The number of nitrogens with two attached hydrogens (primary N) is 1. The Morgan fingerprint density at radius 2 is 1.81 bits per heavy atom. The zero-order valence-electron chi connectivity index (χ0n) is 12.6. The van der Waals surface area contributed by atoms with Crippen LogP contribution in [-0.2, 0) is 27.5 Å². The van der Waals surface area contributed by atoms with E-state index in [1.54, 1.807) is 0 Å². The van der Waals surface area contributed by atoms with Gasteiger partial charge < -0.3 is 11.1 Å². The number of aryl methyl sites for hydroxylation is 1. The fraction of sp³-hybridized carbons (Fsp3) is 0.533. The molecule has 1 aromatic rings. The van der Waals surface area contributed by atoms with Gasteiger partial charge in [-0.2, -0.15) is 0 Å². The van der Waals surface area contributed by atoms with Crippen molar-refractivity contribution in [1.82, 2.24) is 5.32 Å². The molecule has 0 aliphatic heterocycles. The third-order valence-corrected chi connectivity index (χ3v) is 4.26. The summed E-state index contributed by atoms with van der Waals surface area (Å²) in [5, 5.41) is 2.74. The van der Waals surface area contributed by atoms with Crippen molar-refractivity contribution in [2.24, 2.45) is 5.73 Å². The number of amides is 1. The smallest absolute Gasteiger partial charge is 0.236 e. The molecule has 1 rings (SSSR count). The lowest BCUT2D eigenvalue weighted by Gasteiger charge is -2.11. The largest absolute Gasteiger partial charge is 0.354 e. The van der Waals surface area contributed by atoms with E-state index >= 15 is 0 Å². The number of carbonyl (C=O) groups is 1. The van der Waals surface area contributed by atoms with Gasteiger partial charge in [-0.15, -0.1) is 0 Å². The first kappa shape index (κ1) is 17.7. The first-order chi connectivity index (χ1) is 9.81. The minimum absolute atomic E-state index is 0.0694. The molecule has 3 N–H and O–H groups in total. The zero-order chi connectivity index (χ0) is 15.9. The molecule has 0 aliphatic rings. The number of hydrogen-bond donors (Lipinski definition) is 2. The van der Waals surface area contributed by atoms with E-state index in [2.05, 4.69) is 36.5 Å². The van der Waals surface area contributed by atoms with E-state index in [1.807, 2.05) is 0 Å². The number of sulfone groups is 1. The molecule has 0 saturated carbocycles. The van der Waals surface area contributed by atoms with Crippen LogP contribution in [0.5, 0.6) is 0 Å². The first-order valence-corrected chi connectivity index (χ1v) is 9.16. The van der Waals surface area contributed by atoms with Crippen LogP contribution < -0.4 is 11.1 Å². The van der Waals surface area contributed by atoms with Gasteiger partial charge in [0.2, 0.25) is 5.91 Å². The molecule has 0 heterocycles. The fourth-order valence-corrected chi connectivity index (χ4v) is 2.56. The quantitative estimate of drug-likeness (QED) is 0.738. The van der Waals surface area contributed by atoms with Crippen molar-refractivity contribution >= 4 is 15.7 Å². The number of nitrogens with one attached hydrogen (secondary N) is 1. The van der Waals surface area contributed by atoms with Gasteiger partial charge in [-0.1, -0.05) is 31.2 Å². The van der Waals surface area contributed by atoms with Gasteiger partial charge in [0.05, 0.1) is 11.8 Å². The van der Waals surface area contributed by atoms with Crippen LogP contribution in [0.4, 0.5) is 0 Å². The van der Waals surface area contributed by atoms with Crippen LogP contribution in [0.1, 0.15) is 24.5 Å². The molecule has 5 nitrogen and oxygen atoms in total. The SMILES string of the molecule is CCc1ccc(CCNC(=O)C(N)CCS(C)(=O)=O)cc1. The van der Waals surface area contributed by atoms with Crippen LogP contribution in [0.15, 0.2) is 24.3 Å². The van der Waals surface area contributed by atoms with Crippen LogP contribution in [0.2, 0.25) is 0 Å². The van der Waals surface area contributed by atoms with E-state index in [9.17, 15) is 13.2 Å². The highest BCUT2D eigenvalue weighted by Crippen LogP contribution is 2.05. The van der Waals surface area contributed by atoms with Crippen LogP contribution in [0, 0.1) is 0 Å². The molecule has 0 fully saturated rings. The van der Waals surface area contributed by atoms with E-state index in [0.717, 1.165) is 24.7 Å². The second kappa shape index (κ2) is 8.14. The molecule has 0 aromatic heterocycles. The minimum atomic E-state index is -3.08. The summed E-state index contributed by atoms with van der Waals surface area (Å²) in [6.45, 7) is 2.60. The van der Waals surface area contributed by atoms with Crippen molar-refractivity contribution in [3.63, 3.8) is 0 Å². The second-order valence-corrected chi connectivity index (χ2v) is 7.50. The molecule has 118 valence electrons. The minimum Gasteiger partial charge on any atom is -0.354 e. The molecule has 21 heavy (non-hydrogen) atoms. The Morgan fingerprint density at radius 3 is 2.33 bits per heavy atom. The van der Waals surface area contributed by atoms with Gasteiger partial charge in [-0.05, 0) is 30.4 Å². The molecular weight excluding hydrogens is 288 g/mol. The lowest BCUT2D eigenvalue weighted by Crippen LogP contribution is -2.42. The van der Waals surface area contributed by atoms with E-state index in [0.29, 0.717) is 6.54 Å². The van der Waals surface area contributed by atoms with E-state index < -0.39 is 15.9 Å². The summed E-state index contributed by atoms with van der Waals surface area (Å²) in [4.78, 5) is 11.7. The van der Waals surface area contributed by atoms with Gasteiger partial charge in [0.1, 0.15) is 9.84 Å². The van der Waals surface area contributed by atoms with Crippen LogP contribution in [0.3, 0.4) is 0 Å². The summed E-state index contributed by atoms with van der Waals surface area (Å²) in [5.41, 5.74) is 8.10. The van der Waals surface area contributed by atoms with Gasteiger partial charge >= 0.3 is 0 Å². The van der Waals surface area contributed by atoms with Crippen molar-refractivity contribution in [3.8, 4) is 0 Å². The Labute approximate surface area is 126 Å². The van der Waals surface area contributed by atoms with Crippen molar-refractivity contribution in [3.05, 3.63) is 35.4 Å². The Kier molecular flexibility index (Phi) is 6.84. The summed E-state index contributed by atoms with van der Waals surface area (Å²) >= 11 is 0. The van der Waals surface area contributed by atoms with Gasteiger partial charge in [-0.25, -0.2) is 8.42 Å². The highest BCUT2D eigenvalue weighted by molar-refractivity contribution is 7.90. The summed E-state index contributed by atoms with van der Waals surface area (Å²) in [7, 11) is -3.08. The number of hydrogen-bond acceptors (Lipinski definition) is 4. The maximum atomic E-state index is 11.7. The van der Waals surface area contributed by atoms with Crippen LogP contribution in [-0.4, -0.2) is 38.9 Å². The second-order valence-electron chi connectivity index (χ2n) is 5.24. The van der Waals surface area contributed by atoms with E-state index in [1.165, 1.54) is 5.56 Å². The molecule has 1 amide bonds. The molecule has 0 spiro atoms. The lowest BCUT2D eigenvalue weighted by molar-refractivity contribution is -0.122. The van der Waals surface area contributed by atoms with Crippen molar-refractivity contribution in [2.45, 2.75) is 32.2 Å². The highest BCUT2D eigenvalue weighted by Gasteiger charge is 2.15. The molecule has 1 atom stereocenters. The molecule has 0 radical (unpaired) electrons. The third-order valence-electron chi connectivity index (χ3n) is 3.28. The van der Waals surface area contributed by atoms with Gasteiger partial charge in [-0.3, -0.25) is 4.79 Å². The Morgan fingerprint density at radius 1 is 1.24 bits per heavy atom. The van der Waals surface area contributed by atoms with Gasteiger partial charge in [0.15, 0.2) is 0 Å².